The number of rotatable bonds is 3. The van der Waals surface area contributed by atoms with E-state index in [0.717, 1.165) is 0 Å². The molecule has 0 aliphatic rings. The van der Waals surface area contributed by atoms with Crippen LogP contribution in [0.2, 0.25) is 5.28 Å². The molecule has 0 saturated carbocycles. The van der Waals surface area contributed by atoms with Crippen LogP contribution in [0.15, 0.2) is 36.5 Å². The van der Waals surface area contributed by atoms with Crippen LogP contribution in [-0.4, -0.2) is 15.9 Å². The monoisotopic (exact) mass is 290 g/mol. The van der Waals surface area contributed by atoms with Crippen LogP contribution in [0.25, 0.3) is 0 Å². The van der Waals surface area contributed by atoms with E-state index in [1.54, 1.807) is 44.2 Å². The molecular weight excluding hydrogens is 276 g/mol. The second-order valence-corrected chi connectivity index (χ2v) is 5.25. The summed E-state index contributed by atoms with van der Waals surface area (Å²) >= 11 is 5.77. The van der Waals surface area contributed by atoms with Gasteiger partial charge in [0.15, 0.2) is 0 Å². The molecule has 1 aromatic carbocycles. The number of halogens is 1. The van der Waals surface area contributed by atoms with Crippen LogP contribution < -0.4 is 11.1 Å². The summed E-state index contributed by atoms with van der Waals surface area (Å²) in [7, 11) is 0. The third-order valence-corrected chi connectivity index (χ3v) is 3.16. The molecular formula is C14H15ClN4O. The zero-order valence-corrected chi connectivity index (χ0v) is 12.0. The van der Waals surface area contributed by atoms with Crippen molar-refractivity contribution in [1.29, 1.82) is 0 Å². The highest BCUT2D eigenvalue weighted by atomic mass is 35.5. The molecule has 20 heavy (non-hydrogen) atoms. The van der Waals surface area contributed by atoms with Crippen LogP contribution in [0.5, 0.6) is 0 Å². The molecule has 3 N–H and O–H groups in total. The lowest BCUT2D eigenvalue weighted by Crippen LogP contribution is -2.35. The molecule has 0 spiro atoms. The minimum Gasteiger partial charge on any atom is -0.399 e. The Balaban J connectivity index is 2.23. The van der Waals surface area contributed by atoms with Gasteiger partial charge in [-0.15, -0.1) is 0 Å². The summed E-state index contributed by atoms with van der Waals surface area (Å²) in [6, 6.07) is 8.67. The predicted octanol–water partition coefficient (Wildman–Crippen LogP) is 2.63. The van der Waals surface area contributed by atoms with Crippen molar-refractivity contribution in [2.24, 2.45) is 0 Å². The fraction of sp³-hybridized carbons (Fsp3) is 0.214. The number of aromatic nitrogens is 2. The first kappa shape index (κ1) is 14.3. The lowest BCUT2D eigenvalue weighted by atomic mass is 9.88. The third-order valence-electron chi connectivity index (χ3n) is 2.98. The zero-order valence-electron chi connectivity index (χ0n) is 11.2. The minimum absolute atomic E-state index is 0.118. The van der Waals surface area contributed by atoms with Crippen LogP contribution in [0, 0.1) is 0 Å². The van der Waals surface area contributed by atoms with Crippen molar-refractivity contribution >= 4 is 28.9 Å². The average molecular weight is 291 g/mol. The van der Waals surface area contributed by atoms with E-state index in [9.17, 15) is 4.79 Å². The smallest absolute Gasteiger partial charge is 0.236 e. The molecule has 1 heterocycles. The number of amides is 1. The third kappa shape index (κ3) is 3.05. The van der Waals surface area contributed by atoms with E-state index in [2.05, 4.69) is 15.3 Å². The normalized spacial score (nSPS) is 11.2. The lowest BCUT2D eigenvalue weighted by molar-refractivity contribution is -0.120. The summed E-state index contributed by atoms with van der Waals surface area (Å²) in [5.74, 6) is -0.196. The number of nitrogens with zero attached hydrogens (tertiary/aromatic N) is 2. The van der Waals surface area contributed by atoms with E-state index in [-0.39, 0.29) is 11.2 Å². The number of hydrogen-bond acceptors (Lipinski definition) is 4. The fourth-order valence-electron chi connectivity index (χ4n) is 1.70. The topological polar surface area (TPSA) is 80.9 Å². The zero-order chi connectivity index (χ0) is 14.8. The Labute approximate surface area is 122 Å². The standard InChI is InChI=1S/C14H15ClN4O/c1-14(2,11-6-7-17-13(15)19-11)12(20)18-10-5-3-4-9(16)8-10/h3-8H,16H2,1-2H3,(H,18,20). The number of anilines is 2. The Morgan fingerprint density at radius 3 is 2.75 bits per heavy atom. The summed E-state index contributed by atoms with van der Waals surface area (Å²) in [5.41, 5.74) is 6.63. The Hall–Kier alpha value is -2.14. The van der Waals surface area contributed by atoms with Crippen LogP contribution in [0.3, 0.4) is 0 Å². The van der Waals surface area contributed by atoms with Crippen LogP contribution in [-0.2, 0) is 10.2 Å². The molecule has 2 rings (SSSR count). The van der Waals surface area contributed by atoms with Gasteiger partial charge in [0.1, 0.15) is 0 Å². The maximum atomic E-state index is 12.4. The Morgan fingerprint density at radius 2 is 2.10 bits per heavy atom. The van der Waals surface area contributed by atoms with E-state index in [1.807, 2.05) is 0 Å². The van der Waals surface area contributed by atoms with Gasteiger partial charge >= 0.3 is 0 Å². The van der Waals surface area contributed by atoms with Crippen LogP contribution >= 0.6 is 11.6 Å². The number of nitrogens with two attached hydrogens (primary N) is 1. The van der Waals surface area contributed by atoms with Gasteiger partial charge in [0.05, 0.1) is 11.1 Å². The van der Waals surface area contributed by atoms with Crippen molar-refractivity contribution in [1.82, 2.24) is 9.97 Å². The molecule has 1 aromatic heterocycles. The maximum Gasteiger partial charge on any atom is 0.236 e. The quantitative estimate of drug-likeness (QED) is 0.672. The largest absolute Gasteiger partial charge is 0.399 e. The van der Waals surface area contributed by atoms with Crippen molar-refractivity contribution in [2.75, 3.05) is 11.1 Å². The van der Waals surface area contributed by atoms with Gasteiger partial charge in [-0.2, -0.15) is 0 Å². The molecule has 0 aliphatic carbocycles. The van der Waals surface area contributed by atoms with Crippen molar-refractivity contribution in [3.8, 4) is 0 Å². The van der Waals surface area contributed by atoms with E-state index in [1.165, 1.54) is 6.20 Å². The van der Waals surface area contributed by atoms with Crippen molar-refractivity contribution in [2.45, 2.75) is 19.3 Å². The summed E-state index contributed by atoms with van der Waals surface area (Å²) < 4.78 is 0. The van der Waals surface area contributed by atoms with Gasteiger partial charge in [-0.1, -0.05) is 6.07 Å². The minimum atomic E-state index is -0.836. The highest BCUT2D eigenvalue weighted by Gasteiger charge is 2.31. The van der Waals surface area contributed by atoms with E-state index in [4.69, 9.17) is 17.3 Å². The first-order valence-electron chi connectivity index (χ1n) is 6.05. The second kappa shape index (κ2) is 5.46. The number of benzene rings is 1. The maximum absolute atomic E-state index is 12.4. The summed E-state index contributed by atoms with van der Waals surface area (Å²) in [4.78, 5) is 20.3. The van der Waals surface area contributed by atoms with Crippen LogP contribution in [0.4, 0.5) is 11.4 Å². The van der Waals surface area contributed by atoms with Crippen molar-refractivity contribution < 1.29 is 4.79 Å². The predicted molar refractivity (Wildman–Crippen MR) is 79.6 cm³/mol. The number of nitrogen functional groups attached to an aromatic ring is 1. The van der Waals surface area contributed by atoms with Gasteiger partial charge < -0.3 is 11.1 Å². The Morgan fingerprint density at radius 1 is 1.35 bits per heavy atom. The molecule has 0 bridgehead atoms. The molecule has 1 amide bonds. The molecule has 0 saturated heterocycles. The van der Waals surface area contributed by atoms with E-state index >= 15 is 0 Å². The van der Waals surface area contributed by atoms with Gasteiger partial charge in [0.25, 0.3) is 0 Å². The van der Waals surface area contributed by atoms with E-state index < -0.39 is 5.41 Å². The number of hydrogen-bond donors (Lipinski definition) is 2. The SMILES string of the molecule is CC(C)(C(=O)Nc1cccc(N)c1)c1ccnc(Cl)n1. The summed E-state index contributed by atoms with van der Waals surface area (Å²) in [6.45, 7) is 3.54. The molecule has 0 aliphatic heterocycles. The first-order chi connectivity index (χ1) is 9.39. The second-order valence-electron chi connectivity index (χ2n) is 4.92. The van der Waals surface area contributed by atoms with E-state index in [0.29, 0.717) is 17.1 Å². The Bertz CT molecular complexity index is 643. The fourth-order valence-corrected chi connectivity index (χ4v) is 1.85. The van der Waals surface area contributed by atoms with Gasteiger partial charge in [0.2, 0.25) is 11.2 Å². The van der Waals surface area contributed by atoms with Crippen molar-refractivity contribution in [3.05, 3.63) is 47.5 Å². The lowest BCUT2D eigenvalue weighted by Gasteiger charge is -2.23. The van der Waals surface area contributed by atoms with Crippen molar-refractivity contribution in [3.63, 3.8) is 0 Å². The van der Waals surface area contributed by atoms with Gasteiger partial charge in [-0.25, -0.2) is 9.97 Å². The molecule has 0 atom stereocenters. The molecule has 0 radical (unpaired) electrons. The highest BCUT2D eigenvalue weighted by Crippen LogP contribution is 2.24. The number of carbonyl (C=O) groups is 1. The molecule has 104 valence electrons. The summed E-state index contributed by atoms with van der Waals surface area (Å²) in [6.07, 6.45) is 1.53. The van der Waals surface area contributed by atoms with Crippen LogP contribution in [0.1, 0.15) is 19.5 Å². The first-order valence-corrected chi connectivity index (χ1v) is 6.43. The van der Waals surface area contributed by atoms with Gasteiger partial charge in [-0.05, 0) is 49.7 Å². The number of nitrogens with one attached hydrogen (secondary N) is 1. The highest BCUT2D eigenvalue weighted by molar-refractivity contribution is 6.28. The summed E-state index contributed by atoms with van der Waals surface area (Å²) in [5, 5.41) is 2.94. The molecule has 6 heteroatoms. The molecule has 0 unspecified atom stereocenters. The average Bonchev–Trinajstić information content (AvgIpc) is 2.38. The molecule has 0 fully saturated rings. The van der Waals surface area contributed by atoms with Gasteiger partial charge in [0, 0.05) is 17.6 Å². The molecule has 5 nitrogen and oxygen atoms in total. The Kier molecular flexibility index (Phi) is 3.90. The number of carbonyl (C=O) groups excluding carboxylic acids is 1. The molecule has 2 aromatic rings. The van der Waals surface area contributed by atoms with Gasteiger partial charge in [-0.3, -0.25) is 4.79 Å².